The number of hydrogen-bond acceptors (Lipinski definition) is 3. The second kappa shape index (κ2) is 7.75. The molecule has 0 saturated heterocycles. The summed E-state index contributed by atoms with van der Waals surface area (Å²) in [5.41, 5.74) is 1.41. The molecule has 21 heavy (non-hydrogen) atoms. The highest BCUT2D eigenvalue weighted by Crippen LogP contribution is 2.44. The summed E-state index contributed by atoms with van der Waals surface area (Å²) in [6.45, 7) is 10.8. The fourth-order valence-electron chi connectivity index (χ4n) is 3.57. The molecule has 0 radical (unpaired) electrons. The molecule has 1 N–H and O–H groups in total. The van der Waals surface area contributed by atoms with Crippen LogP contribution >= 0.6 is 11.3 Å². The van der Waals surface area contributed by atoms with Crippen LogP contribution in [0.5, 0.6) is 0 Å². The van der Waals surface area contributed by atoms with Crippen LogP contribution < -0.4 is 5.32 Å². The van der Waals surface area contributed by atoms with Gasteiger partial charge in [0.25, 0.3) is 0 Å². The summed E-state index contributed by atoms with van der Waals surface area (Å²) in [4.78, 5) is 1.39. The van der Waals surface area contributed by atoms with Crippen LogP contribution in [0.25, 0.3) is 0 Å². The van der Waals surface area contributed by atoms with E-state index in [9.17, 15) is 0 Å². The number of hydrogen-bond donors (Lipinski definition) is 1. The summed E-state index contributed by atoms with van der Waals surface area (Å²) >= 11 is 1.85. The predicted molar refractivity (Wildman–Crippen MR) is 92.1 cm³/mol. The van der Waals surface area contributed by atoms with Crippen molar-refractivity contribution in [2.75, 3.05) is 13.2 Å². The first kappa shape index (κ1) is 17.0. The van der Waals surface area contributed by atoms with E-state index < -0.39 is 0 Å². The average Bonchev–Trinajstić information content (AvgIpc) is 2.89. The number of thiophene rings is 1. The van der Waals surface area contributed by atoms with Gasteiger partial charge >= 0.3 is 0 Å². The monoisotopic (exact) mass is 309 g/mol. The fraction of sp³-hybridized carbons (Fsp3) is 0.778. The Hall–Kier alpha value is -0.380. The molecule has 1 heterocycles. The zero-order chi connectivity index (χ0) is 15.3. The molecule has 0 amide bonds. The zero-order valence-electron chi connectivity index (χ0n) is 14.1. The van der Waals surface area contributed by atoms with Gasteiger partial charge in [-0.15, -0.1) is 11.3 Å². The Balaban J connectivity index is 2.26. The van der Waals surface area contributed by atoms with Gasteiger partial charge < -0.3 is 10.1 Å². The molecule has 2 nitrogen and oxygen atoms in total. The summed E-state index contributed by atoms with van der Waals surface area (Å²) in [5.74, 6) is 0.842. The van der Waals surface area contributed by atoms with Gasteiger partial charge in [0, 0.05) is 11.5 Å². The van der Waals surface area contributed by atoms with Crippen LogP contribution in [0.4, 0.5) is 0 Å². The number of aryl methyl sites for hydroxylation is 1. The molecule has 1 unspecified atom stereocenters. The highest BCUT2D eigenvalue weighted by molar-refractivity contribution is 7.10. The van der Waals surface area contributed by atoms with Crippen LogP contribution in [-0.4, -0.2) is 18.8 Å². The SMILES string of the molecule is CCCNC(c1csc(C)c1)C1(OCC)CCC(C)CC1. The average molecular weight is 310 g/mol. The molecule has 0 aromatic carbocycles. The van der Waals surface area contributed by atoms with E-state index in [1.807, 2.05) is 11.3 Å². The Labute approximate surface area is 134 Å². The van der Waals surface area contributed by atoms with Crippen molar-refractivity contribution in [3.05, 3.63) is 21.9 Å². The van der Waals surface area contributed by atoms with Gasteiger partial charge in [-0.3, -0.25) is 0 Å². The fourth-order valence-corrected chi connectivity index (χ4v) is 4.30. The molecule has 0 aliphatic heterocycles. The molecule has 0 spiro atoms. The van der Waals surface area contributed by atoms with E-state index >= 15 is 0 Å². The van der Waals surface area contributed by atoms with Gasteiger partial charge in [0.1, 0.15) is 0 Å². The third kappa shape index (κ3) is 4.08. The van der Waals surface area contributed by atoms with E-state index in [0.29, 0.717) is 6.04 Å². The van der Waals surface area contributed by atoms with Crippen LogP contribution in [0.3, 0.4) is 0 Å². The summed E-state index contributed by atoms with van der Waals surface area (Å²) in [5, 5.41) is 6.11. The van der Waals surface area contributed by atoms with E-state index in [-0.39, 0.29) is 5.60 Å². The maximum absolute atomic E-state index is 6.38. The van der Waals surface area contributed by atoms with Crippen LogP contribution in [0, 0.1) is 12.8 Å². The highest BCUT2D eigenvalue weighted by Gasteiger charge is 2.42. The Morgan fingerprint density at radius 2 is 2.10 bits per heavy atom. The Bertz CT molecular complexity index is 421. The summed E-state index contributed by atoms with van der Waals surface area (Å²) in [7, 11) is 0. The molecular weight excluding hydrogens is 278 g/mol. The molecule has 1 atom stereocenters. The van der Waals surface area contributed by atoms with E-state index in [0.717, 1.165) is 25.5 Å². The summed E-state index contributed by atoms with van der Waals surface area (Å²) < 4.78 is 6.38. The molecule has 1 aromatic heterocycles. The molecule has 1 fully saturated rings. The lowest BCUT2D eigenvalue weighted by Gasteiger charge is -2.45. The highest BCUT2D eigenvalue weighted by atomic mass is 32.1. The molecule has 2 rings (SSSR count). The first-order valence-corrected chi connectivity index (χ1v) is 9.41. The van der Waals surface area contributed by atoms with Crippen molar-refractivity contribution < 1.29 is 4.74 Å². The third-order valence-corrected chi connectivity index (χ3v) is 5.64. The lowest BCUT2D eigenvalue weighted by Crippen LogP contribution is -2.48. The Morgan fingerprint density at radius 1 is 1.38 bits per heavy atom. The van der Waals surface area contributed by atoms with Gasteiger partial charge in [0.05, 0.1) is 11.6 Å². The van der Waals surface area contributed by atoms with Crippen molar-refractivity contribution in [3.63, 3.8) is 0 Å². The van der Waals surface area contributed by atoms with Crippen LogP contribution in [0.15, 0.2) is 11.4 Å². The maximum Gasteiger partial charge on any atom is 0.0876 e. The van der Waals surface area contributed by atoms with Crippen molar-refractivity contribution in [1.29, 1.82) is 0 Å². The molecule has 0 bridgehead atoms. The van der Waals surface area contributed by atoms with Gasteiger partial charge in [0.15, 0.2) is 0 Å². The Kier molecular flexibility index (Phi) is 6.27. The van der Waals surface area contributed by atoms with Crippen molar-refractivity contribution in [2.24, 2.45) is 5.92 Å². The largest absolute Gasteiger partial charge is 0.373 e. The topological polar surface area (TPSA) is 21.3 Å². The van der Waals surface area contributed by atoms with E-state index in [1.54, 1.807) is 0 Å². The molecule has 120 valence electrons. The van der Waals surface area contributed by atoms with Crippen LogP contribution in [-0.2, 0) is 4.74 Å². The maximum atomic E-state index is 6.38. The lowest BCUT2D eigenvalue weighted by molar-refractivity contribution is -0.0974. The summed E-state index contributed by atoms with van der Waals surface area (Å²) in [6.07, 6.45) is 6.09. The standard InChI is InChI=1S/C18H31NOS/c1-5-11-19-17(16-12-15(4)21-13-16)18(20-6-2)9-7-14(3)8-10-18/h12-14,17,19H,5-11H2,1-4H3. The van der Waals surface area contributed by atoms with Crippen molar-refractivity contribution >= 4 is 11.3 Å². The van der Waals surface area contributed by atoms with Crippen molar-refractivity contribution in [2.45, 2.75) is 71.4 Å². The minimum atomic E-state index is -0.00998. The van der Waals surface area contributed by atoms with Crippen LogP contribution in [0.2, 0.25) is 0 Å². The zero-order valence-corrected chi connectivity index (χ0v) is 14.9. The molecular formula is C18H31NOS. The second-order valence-electron chi connectivity index (χ2n) is 6.56. The summed E-state index contributed by atoms with van der Waals surface area (Å²) in [6, 6.07) is 2.69. The number of ether oxygens (including phenoxy) is 1. The van der Waals surface area contributed by atoms with Crippen molar-refractivity contribution in [3.8, 4) is 0 Å². The molecule has 1 aromatic rings. The normalized spacial score (nSPS) is 27.7. The van der Waals surface area contributed by atoms with Crippen LogP contribution in [0.1, 0.15) is 69.4 Å². The number of rotatable bonds is 7. The quantitative estimate of drug-likeness (QED) is 0.758. The smallest absolute Gasteiger partial charge is 0.0876 e. The van der Waals surface area contributed by atoms with Gasteiger partial charge in [-0.25, -0.2) is 0 Å². The first-order valence-electron chi connectivity index (χ1n) is 8.53. The second-order valence-corrected chi connectivity index (χ2v) is 7.67. The lowest BCUT2D eigenvalue weighted by atomic mass is 9.73. The first-order chi connectivity index (χ1) is 10.1. The minimum Gasteiger partial charge on any atom is -0.373 e. The molecule has 3 heteroatoms. The number of nitrogens with one attached hydrogen (secondary N) is 1. The predicted octanol–water partition coefficient (Wildman–Crippen LogP) is 5.08. The van der Waals surface area contributed by atoms with Gasteiger partial charge in [-0.1, -0.05) is 13.8 Å². The molecule has 1 saturated carbocycles. The van der Waals surface area contributed by atoms with Crippen molar-refractivity contribution in [1.82, 2.24) is 5.32 Å². The molecule has 1 aliphatic rings. The van der Waals surface area contributed by atoms with Gasteiger partial charge in [-0.2, -0.15) is 0 Å². The van der Waals surface area contributed by atoms with E-state index in [2.05, 4.69) is 44.5 Å². The van der Waals surface area contributed by atoms with Gasteiger partial charge in [-0.05, 0) is 75.4 Å². The van der Waals surface area contributed by atoms with E-state index in [1.165, 1.54) is 36.1 Å². The minimum absolute atomic E-state index is 0.00998. The Morgan fingerprint density at radius 3 is 2.62 bits per heavy atom. The van der Waals surface area contributed by atoms with E-state index in [4.69, 9.17) is 4.74 Å². The van der Waals surface area contributed by atoms with Gasteiger partial charge in [0.2, 0.25) is 0 Å². The third-order valence-electron chi connectivity index (χ3n) is 4.76. The molecule has 1 aliphatic carbocycles.